The second kappa shape index (κ2) is 8.09. The number of hydrogen-bond donors (Lipinski definition) is 1. The number of ether oxygens (including phenoxy) is 1. The van der Waals surface area contributed by atoms with E-state index in [1.165, 1.54) is 0 Å². The third kappa shape index (κ3) is 3.89. The molecule has 2 aromatic carbocycles. The summed E-state index contributed by atoms with van der Waals surface area (Å²) in [5.41, 5.74) is 2.79. The summed E-state index contributed by atoms with van der Waals surface area (Å²) in [5, 5.41) is 9.23. The van der Waals surface area contributed by atoms with E-state index in [0.29, 0.717) is 43.1 Å². The molecule has 1 aliphatic rings. The van der Waals surface area contributed by atoms with Gasteiger partial charge in [-0.25, -0.2) is 4.68 Å². The molecular weight excluding hydrogens is 462 g/mol. The van der Waals surface area contributed by atoms with Gasteiger partial charge in [0.1, 0.15) is 5.69 Å². The fourth-order valence-electron chi connectivity index (χ4n) is 3.58. The Balaban J connectivity index is 1.41. The predicted octanol–water partition coefficient (Wildman–Crippen LogP) is 3.01. The van der Waals surface area contributed by atoms with Crippen LogP contribution >= 0.6 is 15.9 Å². The van der Waals surface area contributed by atoms with Crippen LogP contribution in [0.25, 0.3) is 27.8 Å². The van der Waals surface area contributed by atoms with Crippen LogP contribution in [0.4, 0.5) is 0 Å². The molecule has 9 heteroatoms. The maximum Gasteiger partial charge on any atom is 0.258 e. The van der Waals surface area contributed by atoms with E-state index in [1.807, 2.05) is 30.3 Å². The SMILES string of the molecule is O=C(c1ccc(-n2cc(-c3cc4ccc(Br)cc4[nH]c3=O)nn2)cc1)N1CCOCC1. The molecular formula is C22H18BrN5O3. The molecule has 2 aromatic heterocycles. The molecule has 0 bridgehead atoms. The first-order valence-electron chi connectivity index (χ1n) is 9.81. The van der Waals surface area contributed by atoms with Gasteiger partial charge in [0.2, 0.25) is 0 Å². The number of nitrogens with one attached hydrogen (secondary N) is 1. The topological polar surface area (TPSA) is 93.1 Å². The van der Waals surface area contributed by atoms with Gasteiger partial charge in [-0.1, -0.05) is 27.2 Å². The van der Waals surface area contributed by atoms with Crippen molar-refractivity contribution in [2.24, 2.45) is 0 Å². The third-order valence-electron chi connectivity index (χ3n) is 5.25. The lowest BCUT2D eigenvalue weighted by molar-refractivity contribution is 0.0303. The lowest BCUT2D eigenvalue weighted by Gasteiger charge is -2.26. The molecule has 156 valence electrons. The molecule has 0 unspecified atom stereocenters. The molecule has 0 aliphatic carbocycles. The van der Waals surface area contributed by atoms with Gasteiger partial charge in [0, 0.05) is 28.6 Å². The van der Waals surface area contributed by atoms with Crippen LogP contribution in [0.1, 0.15) is 10.4 Å². The zero-order valence-electron chi connectivity index (χ0n) is 16.4. The number of aromatic amines is 1. The average molecular weight is 480 g/mol. The number of carbonyl (C=O) groups excluding carboxylic acids is 1. The number of carbonyl (C=O) groups is 1. The first-order chi connectivity index (χ1) is 15.1. The second-order valence-electron chi connectivity index (χ2n) is 7.24. The summed E-state index contributed by atoms with van der Waals surface area (Å²) >= 11 is 3.41. The van der Waals surface area contributed by atoms with Gasteiger partial charge in [-0.2, -0.15) is 0 Å². The summed E-state index contributed by atoms with van der Waals surface area (Å²) in [7, 11) is 0. The van der Waals surface area contributed by atoms with Crippen molar-refractivity contribution in [1.82, 2.24) is 24.9 Å². The van der Waals surface area contributed by atoms with Gasteiger partial charge in [-0.05, 0) is 47.9 Å². The van der Waals surface area contributed by atoms with Crippen LogP contribution in [0.2, 0.25) is 0 Å². The van der Waals surface area contributed by atoms with Crippen molar-refractivity contribution >= 4 is 32.7 Å². The number of morpholine rings is 1. The van der Waals surface area contributed by atoms with Gasteiger partial charge in [0.15, 0.2) is 0 Å². The van der Waals surface area contributed by atoms with Gasteiger partial charge in [-0.15, -0.1) is 5.10 Å². The zero-order chi connectivity index (χ0) is 21.4. The number of rotatable bonds is 3. The molecule has 0 spiro atoms. The van der Waals surface area contributed by atoms with E-state index in [2.05, 4.69) is 31.2 Å². The highest BCUT2D eigenvalue weighted by Crippen LogP contribution is 2.22. The van der Waals surface area contributed by atoms with Crippen LogP contribution in [0.5, 0.6) is 0 Å². The highest BCUT2D eigenvalue weighted by atomic mass is 79.9. The maximum absolute atomic E-state index is 12.6. The van der Waals surface area contributed by atoms with Gasteiger partial charge >= 0.3 is 0 Å². The van der Waals surface area contributed by atoms with E-state index in [0.717, 1.165) is 21.1 Å². The first kappa shape index (κ1) is 19.7. The second-order valence-corrected chi connectivity index (χ2v) is 8.16. The van der Waals surface area contributed by atoms with Crippen molar-refractivity contribution in [3.05, 3.63) is 75.1 Å². The molecule has 1 amide bonds. The highest BCUT2D eigenvalue weighted by Gasteiger charge is 2.18. The normalized spacial score (nSPS) is 14.2. The minimum Gasteiger partial charge on any atom is -0.378 e. The van der Waals surface area contributed by atoms with Crippen molar-refractivity contribution in [2.45, 2.75) is 0 Å². The number of amides is 1. The Labute approximate surface area is 185 Å². The molecule has 1 fully saturated rings. The molecule has 8 nitrogen and oxygen atoms in total. The molecule has 3 heterocycles. The molecule has 0 saturated carbocycles. The smallest absolute Gasteiger partial charge is 0.258 e. The van der Waals surface area contributed by atoms with Crippen LogP contribution in [-0.4, -0.2) is 57.1 Å². The summed E-state index contributed by atoms with van der Waals surface area (Å²) in [4.78, 5) is 29.8. The lowest BCUT2D eigenvalue weighted by Crippen LogP contribution is -2.40. The Hall–Kier alpha value is -3.30. The monoisotopic (exact) mass is 479 g/mol. The fourth-order valence-corrected chi connectivity index (χ4v) is 3.94. The molecule has 5 rings (SSSR count). The summed E-state index contributed by atoms with van der Waals surface area (Å²) in [6.45, 7) is 2.34. The Bertz CT molecular complexity index is 1320. The number of nitrogens with zero attached hydrogens (tertiary/aromatic N) is 4. The van der Waals surface area contributed by atoms with Crippen LogP contribution in [0.15, 0.2) is 64.0 Å². The Morgan fingerprint density at radius 3 is 2.61 bits per heavy atom. The number of aromatic nitrogens is 4. The van der Waals surface area contributed by atoms with Crippen molar-refractivity contribution in [3.8, 4) is 16.9 Å². The Morgan fingerprint density at radius 1 is 1.06 bits per heavy atom. The van der Waals surface area contributed by atoms with Crippen LogP contribution in [0.3, 0.4) is 0 Å². The summed E-state index contributed by atoms with van der Waals surface area (Å²) in [5.74, 6) is -0.0107. The number of pyridine rings is 1. The molecule has 4 aromatic rings. The van der Waals surface area contributed by atoms with Gasteiger partial charge in [-0.3, -0.25) is 9.59 Å². The number of halogens is 1. The number of hydrogen-bond acceptors (Lipinski definition) is 5. The minimum atomic E-state index is -0.232. The Kier molecular flexibility index (Phi) is 5.13. The maximum atomic E-state index is 12.6. The highest BCUT2D eigenvalue weighted by molar-refractivity contribution is 9.10. The molecule has 0 atom stereocenters. The molecule has 1 N–H and O–H groups in total. The van der Waals surface area contributed by atoms with Crippen molar-refractivity contribution < 1.29 is 9.53 Å². The third-order valence-corrected chi connectivity index (χ3v) is 5.75. The predicted molar refractivity (Wildman–Crippen MR) is 119 cm³/mol. The quantitative estimate of drug-likeness (QED) is 0.487. The van der Waals surface area contributed by atoms with Gasteiger partial charge < -0.3 is 14.6 Å². The first-order valence-corrected chi connectivity index (χ1v) is 10.6. The average Bonchev–Trinajstić information content (AvgIpc) is 3.29. The van der Waals surface area contributed by atoms with Crippen LogP contribution in [-0.2, 0) is 4.74 Å². The van der Waals surface area contributed by atoms with E-state index in [-0.39, 0.29) is 11.5 Å². The van der Waals surface area contributed by atoms with Gasteiger partial charge in [0.25, 0.3) is 11.5 Å². The van der Waals surface area contributed by atoms with E-state index in [1.54, 1.807) is 34.0 Å². The van der Waals surface area contributed by atoms with E-state index < -0.39 is 0 Å². The van der Waals surface area contributed by atoms with E-state index in [4.69, 9.17) is 4.74 Å². The zero-order valence-corrected chi connectivity index (χ0v) is 18.0. The van der Waals surface area contributed by atoms with Crippen molar-refractivity contribution in [1.29, 1.82) is 0 Å². The van der Waals surface area contributed by atoms with Crippen LogP contribution in [0, 0.1) is 0 Å². The van der Waals surface area contributed by atoms with Crippen molar-refractivity contribution in [3.63, 3.8) is 0 Å². The lowest BCUT2D eigenvalue weighted by atomic mass is 10.1. The largest absolute Gasteiger partial charge is 0.378 e. The number of benzene rings is 2. The molecule has 1 saturated heterocycles. The van der Waals surface area contributed by atoms with Crippen LogP contribution < -0.4 is 5.56 Å². The minimum absolute atomic E-state index is 0.0107. The summed E-state index contributed by atoms with van der Waals surface area (Å²) in [6, 6.07) is 14.7. The molecule has 31 heavy (non-hydrogen) atoms. The van der Waals surface area contributed by atoms with Crippen molar-refractivity contribution in [2.75, 3.05) is 26.3 Å². The fraction of sp³-hybridized carbons (Fsp3) is 0.182. The Morgan fingerprint density at radius 2 is 1.84 bits per heavy atom. The number of H-pyrrole nitrogens is 1. The summed E-state index contributed by atoms with van der Waals surface area (Å²) in [6.07, 6.45) is 1.70. The van der Waals surface area contributed by atoms with E-state index in [9.17, 15) is 9.59 Å². The number of fused-ring (bicyclic) bond motifs is 1. The van der Waals surface area contributed by atoms with Gasteiger partial charge in [0.05, 0.1) is 30.7 Å². The standard InChI is InChI=1S/C22H18BrN5O3/c23-16-4-1-15-11-18(21(29)24-19(15)12-16)20-13-28(26-25-20)17-5-2-14(3-6-17)22(30)27-7-9-31-10-8-27/h1-6,11-13H,7-10H2,(H,24,29). The summed E-state index contributed by atoms with van der Waals surface area (Å²) < 4.78 is 7.78. The molecule has 0 radical (unpaired) electrons. The molecule has 1 aliphatic heterocycles. The van der Waals surface area contributed by atoms with E-state index >= 15 is 0 Å².